The van der Waals surface area contributed by atoms with E-state index in [9.17, 15) is 9.18 Å². The minimum Gasteiger partial charge on any atom is -0.444 e. The van der Waals surface area contributed by atoms with Gasteiger partial charge in [0.25, 0.3) is 0 Å². The highest BCUT2D eigenvalue weighted by atomic mass is 19.1. The Hall–Kier alpha value is -1.58. The van der Waals surface area contributed by atoms with Crippen molar-refractivity contribution in [2.75, 3.05) is 5.32 Å². The van der Waals surface area contributed by atoms with Crippen molar-refractivity contribution in [3.63, 3.8) is 0 Å². The zero-order valence-electron chi connectivity index (χ0n) is 6.13. The molecule has 0 spiro atoms. The monoisotopic (exact) mass is 167 g/mol. The number of cyclic esters (lactones) is 1. The average molecular weight is 167 g/mol. The standard InChI is InChI=1S/C8H6FNO2/c9-7-2-1-6-3-5(7)4-12-8(11)10-6/h1-3H,4H2,(H,10,11). The third kappa shape index (κ3) is 1.11. The number of anilines is 1. The predicted molar refractivity (Wildman–Crippen MR) is 40.2 cm³/mol. The largest absolute Gasteiger partial charge is 0.444 e. The maximum atomic E-state index is 12.9. The molecule has 0 saturated carbocycles. The molecule has 0 saturated heterocycles. The summed E-state index contributed by atoms with van der Waals surface area (Å²) in [6.07, 6.45) is -0.546. The highest BCUT2D eigenvalue weighted by Crippen LogP contribution is 2.18. The topological polar surface area (TPSA) is 38.3 Å². The molecule has 1 N–H and O–H groups in total. The molecule has 1 amide bonds. The molecule has 0 radical (unpaired) electrons. The van der Waals surface area contributed by atoms with Gasteiger partial charge in [-0.05, 0) is 18.2 Å². The maximum Gasteiger partial charge on any atom is 0.411 e. The first-order valence-electron chi connectivity index (χ1n) is 3.48. The molecule has 1 aliphatic rings. The Kier molecular flexibility index (Phi) is 1.46. The SMILES string of the molecule is O=C1Nc2ccc(F)c(c2)CO1. The van der Waals surface area contributed by atoms with Crippen molar-refractivity contribution in [1.82, 2.24) is 0 Å². The van der Waals surface area contributed by atoms with Crippen LogP contribution in [0, 0.1) is 5.82 Å². The summed E-state index contributed by atoms with van der Waals surface area (Å²) in [5.74, 6) is -0.352. The van der Waals surface area contributed by atoms with E-state index in [2.05, 4.69) is 10.1 Å². The molecule has 0 fully saturated rings. The van der Waals surface area contributed by atoms with Gasteiger partial charge in [0.05, 0.1) is 0 Å². The Morgan fingerprint density at radius 1 is 1.50 bits per heavy atom. The van der Waals surface area contributed by atoms with Crippen molar-refractivity contribution in [3.8, 4) is 0 Å². The van der Waals surface area contributed by atoms with Gasteiger partial charge in [0.15, 0.2) is 0 Å². The molecule has 3 nitrogen and oxygen atoms in total. The van der Waals surface area contributed by atoms with Crippen LogP contribution in [0.3, 0.4) is 0 Å². The lowest BCUT2D eigenvalue weighted by Gasteiger charge is -1.97. The molecule has 2 bridgehead atoms. The van der Waals surface area contributed by atoms with Crippen LogP contribution in [0.2, 0.25) is 0 Å². The summed E-state index contributed by atoms with van der Waals surface area (Å²) < 4.78 is 17.5. The summed E-state index contributed by atoms with van der Waals surface area (Å²) in [4.78, 5) is 10.8. The predicted octanol–water partition coefficient (Wildman–Crippen LogP) is 1.89. The van der Waals surface area contributed by atoms with E-state index in [0.717, 1.165) is 0 Å². The molecule has 12 heavy (non-hydrogen) atoms. The van der Waals surface area contributed by atoms with E-state index in [4.69, 9.17) is 0 Å². The lowest BCUT2D eigenvalue weighted by Crippen LogP contribution is -2.10. The molecule has 0 unspecified atom stereocenters. The van der Waals surface area contributed by atoms with Gasteiger partial charge in [0.1, 0.15) is 12.4 Å². The van der Waals surface area contributed by atoms with Gasteiger partial charge in [-0.15, -0.1) is 0 Å². The van der Waals surface area contributed by atoms with E-state index in [1.807, 2.05) is 0 Å². The summed E-state index contributed by atoms with van der Waals surface area (Å²) in [5.41, 5.74) is 0.958. The number of benzene rings is 1. The van der Waals surface area contributed by atoms with E-state index in [-0.39, 0.29) is 12.4 Å². The van der Waals surface area contributed by atoms with Gasteiger partial charge in [-0.3, -0.25) is 5.32 Å². The quantitative estimate of drug-likeness (QED) is 0.640. The van der Waals surface area contributed by atoms with Gasteiger partial charge in [0.2, 0.25) is 0 Å². The summed E-state index contributed by atoms with van der Waals surface area (Å²) in [6.45, 7) is -0.00843. The van der Waals surface area contributed by atoms with Crippen LogP contribution in [0.1, 0.15) is 5.56 Å². The number of hydrogen-bond donors (Lipinski definition) is 1. The molecule has 1 aliphatic heterocycles. The van der Waals surface area contributed by atoms with Gasteiger partial charge in [-0.2, -0.15) is 0 Å². The second-order valence-electron chi connectivity index (χ2n) is 2.51. The molecule has 0 atom stereocenters. The third-order valence-corrected chi connectivity index (χ3v) is 1.65. The van der Waals surface area contributed by atoms with Crippen molar-refractivity contribution >= 4 is 11.8 Å². The van der Waals surface area contributed by atoms with Crippen molar-refractivity contribution in [2.24, 2.45) is 0 Å². The Morgan fingerprint density at radius 2 is 2.33 bits per heavy atom. The summed E-state index contributed by atoms with van der Waals surface area (Å²) >= 11 is 0. The molecule has 4 heteroatoms. The first-order chi connectivity index (χ1) is 5.75. The normalized spacial score (nSPS) is 14.6. The lowest BCUT2D eigenvalue weighted by atomic mass is 10.2. The van der Waals surface area contributed by atoms with E-state index in [1.165, 1.54) is 12.1 Å². The summed E-state index contributed by atoms with van der Waals surface area (Å²) in [5, 5.41) is 2.44. The number of ether oxygens (including phenoxy) is 1. The molecule has 62 valence electrons. The van der Waals surface area contributed by atoms with Gasteiger partial charge < -0.3 is 4.74 Å². The molecule has 1 aromatic rings. The molecule has 1 aromatic carbocycles. The van der Waals surface area contributed by atoms with Gasteiger partial charge >= 0.3 is 6.09 Å². The van der Waals surface area contributed by atoms with Crippen LogP contribution in [0.5, 0.6) is 0 Å². The van der Waals surface area contributed by atoms with Crippen LogP contribution in [0.4, 0.5) is 14.9 Å². The van der Waals surface area contributed by atoms with Crippen molar-refractivity contribution in [2.45, 2.75) is 6.61 Å². The number of rotatable bonds is 0. The molecule has 1 heterocycles. The first kappa shape index (κ1) is 7.09. The Morgan fingerprint density at radius 3 is 3.17 bits per heavy atom. The molecule has 0 aliphatic carbocycles. The Labute approximate surface area is 68.1 Å². The van der Waals surface area contributed by atoms with Gasteiger partial charge in [-0.1, -0.05) is 0 Å². The zero-order valence-corrected chi connectivity index (χ0v) is 6.13. The number of fused-ring (bicyclic) bond motifs is 2. The molecular formula is C8H6FNO2. The van der Waals surface area contributed by atoms with Crippen LogP contribution in [-0.2, 0) is 11.3 Å². The third-order valence-electron chi connectivity index (χ3n) is 1.65. The van der Waals surface area contributed by atoms with Crippen molar-refractivity contribution in [1.29, 1.82) is 0 Å². The van der Waals surface area contributed by atoms with Gasteiger partial charge in [0, 0.05) is 11.3 Å². The van der Waals surface area contributed by atoms with Crippen molar-refractivity contribution in [3.05, 3.63) is 29.6 Å². The second-order valence-corrected chi connectivity index (χ2v) is 2.51. The van der Waals surface area contributed by atoms with E-state index in [1.54, 1.807) is 6.07 Å². The van der Waals surface area contributed by atoms with E-state index in [0.29, 0.717) is 11.3 Å². The Balaban J connectivity index is 2.46. The number of hydrogen-bond acceptors (Lipinski definition) is 2. The van der Waals surface area contributed by atoms with Crippen LogP contribution >= 0.6 is 0 Å². The fraction of sp³-hybridized carbons (Fsp3) is 0.125. The summed E-state index contributed by atoms with van der Waals surface area (Å²) in [6, 6.07) is 4.35. The first-order valence-corrected chi connectivity index (χ1v) is 3.48. The van der Waals surface area contributed by atoms with Crippen LogP contribution in [0.15, 0.2) is 18.2 Å². The maximum absolute atomic E-state index is 12.9. The van der Waals surface area contributed by atoms with E-state index >= 15 is 0 Å². The van der Waals surface area contributed by atoms with Crippen LogP contribution in [0.25, 0.3) is 0 Å². The Bertz CT molecular complexity index is 338. The number of amides is 1. The zero-order chi connectivity index (χ0) is 8.55. The van der Waals surface area contributed by atoms with Crippen molar-refractivity contribution < 1.29 is 13.9 Å². The molecular weight excluding hydrogens is 161 g/mol. The fourth-order valence-corrected chi connectivity index (χ4v) is 1.06. The summed E-state index contributed by atoms with van der Waals surface area (Å²) in [7, 11) is 0. The van der Waals surface area contributed by atoms with Crippen LogP contribution in [-0.4, -0.2) is 6.09 Å². The fourth-order valence-electron chi connectivity index (χ4n) is 1.06. The number of carbonyl (C=O) groups is 1. The highest BCUT2D eigenvalue weighted by molar-refractivity contribution is 5.85. The van der Waals surface area contributed by atoms with Gasteiger partial charge in [-0.25, -0.2) is 9.18 Å². The van der Waals surface area contributed by atoms with Crippen LogP contribution < -0.4 is 5.32 Å². The smallest absolute Gasteiger partial charge is 0.411 e. The average Bonchev–Trinajstić information content (AvgIpc) is 2.19. The molecule has 0 aromatic heterocycles. The minimum absolute atomic E-state index is 0.00843. The molecule has 2 rings (SSSR count). The number of halogens is 1. The number of nitrogens with one attached hydrogen (secondary N) is 1. The number of carbonyl (C=O) groups excluding carboxylic acids is 1. The minimum atomic E-state index is -0.546. The van der Waals surface area contributed by atoms with E-state index < -0.39 is 6.09 Å². The second kappa shape index (κ2) is 2.48. The lowest BCUT2D eigenvalue weighted by molar-refractivity contribution is 0.155. The highest BCUT2D eigenvalue weighted by Gasteiger charge is 2.12.